The molecule has 4 heteroatoms. The van der Waals surface area contributed by atoms with E-state index in [1.807, 2.05) is 35.3 Å². The van der Waals surface area contributed by atoms with Gasteiger partial charge in [0.15, 0.2) is 0 Å². The van der Waals surface area contributed by atoms with Gasteiger partial charge in [-0.15, -0.1) is 0 Å². The van der Waals surface area contributed by atoms with Crippen LogP contribution >= 0.6 is 0 Å². The van der Waals surface area contributed by atoms with Crippen LogP contribution in [0, 0.1) is 0 Å². The summed E-state index contributed by atoms with van der Waals surface area (Å²) < 4.78 is 4.70. The number of rotatable bonds is 3. The smallest absolute Gasteiger partial charge is 0.337 e. The number of hydrogen-bond acceptors (Lipinski definition) is 4. The summed E-state index contributed by atoms with van der Waals surface area (Å²) in [6, 6.07) is 17.5. The molecule has 0 atom stereocenters. The molecule has 2 aromatic carbocycles. The van der Waals surface area contributed by atoms with Crippen molar-refractivity contribution in [2.24, 2.45) is 0 Å². The summed E-state index contributed by atoms with van der Waals surface area (Å²) in [5, 5.41) is 2.03. The Kier molecular flexibility index (Phi) is 3.60. The van der Waals surface area contributed by atoms with Crippen LogP contribution in [0.5, 0.6) is 0 Å². The lowest BCUT2D eigenvalue weighted by Crippen LogP contribution is -2.31. The second kappa shape index (κ2) is 5.71. The van der Waals surface area contributed by atoms with Gasteiger partial charge in [0.05, 0.1) is 30.6 Å². The highest BCUT2D eigenvalue weighted by Gasteiger charge is 2.15. The van der Waals surface area contributed by atoms with E-state index in [4.69, 9.17) is 4.74 Å². The molecule has 106 valence electrons. The molecule has 1 heterocycles. The number of hydrogen-bond donors (Lipinski definition) is 1. The zero-order valence-corrected chi connectivity index (χ0v) is 11.7. The van der Waals surface area contributed by atoms with Crippen molar-refractivity contribution in [3.63, 3.8) is 0 Å². The van der Waals surface area contributed by atoms with E-state index in [2.05, 4.69) is 23.6 Å². The Bertz CT molecular complexity index is 663. The minimum Gasteiger partial charge on any atom is -0.465 e. The molecule has 0 saturated carbocycles. The van der Waals surface area contributed by atoms with Gasteiger partial charge in [-0.3, -0.25) is 10.4 Å². The van der Waals surface area contributed by atoms with E-state index in [9.17, 15) is 4.79 Å². The van der Waals surface area contributed by atoms with Crippen LogP contribution in [-0.4, -0.2) is 19.6 Å². The second-order valence-electron chi connectivity index (χ2n) is 4.74. The fourth-order valence-electron chi connectivity index (χ4n) is 2.28. The van der Waals surface area contributed by atoms with E-state index >= 15 is 0 Å². The first-order valence-electron chi connectivity index (χ1n) is 6.76. The van der Waals surface area contributed by atoms with E-state index in [1.54, 1.807) is 12.1 Å². The first-order chi connectivity index (χ1) is 10.3. The van der Waals surface area contributed by atoms with E-state index in [0.717, 1.165) is 23.5 Å². The van der Waals surface area contributed by atoms with Gasteiger partial charge in [0, 0.05) is 0 Å². The van der Waals surface area contributed by atoms with Crippen molar-refractivity contribution in [3.05, 3.63) is 71.8 Å². The van der Waals surface area contributed by atoms with Crippen molar-refractivity contribution in [1.82, 2.24) is 5.43 Å². The molecule has 1 aliphatic heterocycles. The Morgan fingerprint density at radius 1 is 1.10 bits per heavy atom. The maximum Gasteiger partial charge on any atom is 0.337 e. The number of benzene rings is 2. The maximum absolute atomic E-state index is 11.4. The number of carbonyl (C=O) groups is 1. The van der Waals surface area contributed by atoms with Crippen molar-refractivity contribution >= 4 is 17.4 Å². The summed E-state index contributed by atoms with van der Waals surface area (Å²) >= 11 is 0. The minimum atomic E-state index is -0.320. The zero-order chi connectivity index (χ0) is 14.7. The van der Waals surface area contributed by atoms with Gasteiger partial charge >= 0.3 is 5.97 Å². The normalized spacial score (nSPS) is 13.6. The van der Waals surface area contributed by atoms with Gasteiger partial charge in [-0.2, -0.15) is 0 Å². The fourth-order valence-corrected chi connectivity index (χ4v) is 2.28. The van der Waals surface area contributed by atoms with Gasteiger partial charge < -0.3 is 4.74 Å². The number of carbonyl (C=O) groups excluding carboxylic acids is 1. The molecule has 1 N–H and O–H groups in total. The van der Waals surface area contributed by atoms with Crippen molar-refractivity contribution in [3.8, 4) is 0 Å². The molecule has 0 radical (unpaired) electrons. The number of esters is 1. The van der Waals surface area contributed by atoms with Crippen molar-refractivity contribution < 1.29 is 9.53 Å². The number of nitrogens with one attached hydrogen (secondary N) is 1. The quantitative estimate of drug-likeness (QED) is 0.878. The lowest BCUT2D eigenvalue weighted by molar-refractivity contribution is 0.0601. The highest BCUT2D eigenvalue weighted by molar-refractivity contribution is 5.89. The van der Waals surface area contributed by atoms with Crippen LogP contribution in [0.3, 0.4) is 0 Å². The van der Waals surface area contributed by atoms with Crippen molar-refractivity contribution in [2.45, 2.75) is 0 Å². The summed E-state index contributed by atoms with van der Waals surface area (Å²) in [4.78, 5) is 11.4. The predicted octanol–water partition coefficient (Wildman–Crippen LogP) is 2.84. The number of anilines is 1. The van der Waals surface area contributed by atoms with E-state index in [-0.39, 0.29) is 5.97 Å². The third-order valence-electron chi connectivity index (χ3n) is 3.42. The van der Waals surface area contributed by atoms with Gasteiger partial charge in [-0.1, -0.05) is 30.3 Å². The molecule has 0 amide bonds. The molecular formula is C17H16N2O2. The number of ether oxygens (including phenoxy) is 1. The van der Waals surface area contributed by atoms with Gasteiger partial charge in [0.2, 0.25) is 0 Å². The molecule has 3 rings (SSSR count). The van der Waals surface area contributed by atoms with Crippen LogP contribution in [-0.2, 0) is 4.74 Å². The third-order valence-corrected chi connectivity index (χ3v) is 3.42. The van der Waals surface area contributed by atoms with Crippen LogP contribution in [0.4, 0.5) is 5.69 Å². The lowest BCUT2D eigenvalue weighted by Gasteiger charge is -2.20. The largest absolute Gasteiger partial charge is 0.465 e. The Hall–Kier alpha value is -2.75. The number of nitrogens with zero attached hydrogens (tertiary/aromatic N) is 1. The molecule has 0 aliphatic carbocycles. The first-order valence-corrected chi connectivity index (χ1v) is 6.76. The molecule has 0 spiro atoms. The average molecular weight is 280 g/mol. The molecule has 2 aromatic rings. The van der Waals surface area contributed by atoms with Crippen LogP contribution < -0.4 is 10.4 Å². The van der Waals surface area contributed by atoms with Crippen molar-refractivity contribution in [2.75, 3.05) is 18.7 Å². The SMILES string of the molecule is COC(=O)c1ccc(N2CC=C(c3ccccc3)N2)cc1. The third kappa shape index (κ3) is 2.74. The van der Waals surface area contributed by atoms with Crippen molar-refractivity contribution in [1.29, 1.82) is 0 Å². The minimum absolute atomic E-state index is 0.320. The topological polar surface area (TPSA) is 41.6 Å². The average Bonchev–Trinajstić information content (AvgIpc) is 3.05. The fraction of sp³-hybridized carbons (Fsp3) is 0.118. The highest BCUT2D eigenvalue weighted by Crippen LogP contribution is 2.22. The molecule has 0 unspecified atom stereocenters. The second-order valence-corrected chi connectivity index (χ2v) is 4.74. The summed E-state index contributed by atoms with van der Waals surface area (Å²) in [6.45, 7) is 0.780. The van der Waals surface area contributed by atoms with E-state index in [1.165, 1.54) is 7.11 Å². The standard InChI is InChI=1S/C17H16N2O2/c1-21-17(20)14-7-9-15(10-8-14)19-12-11-16(18-19)13-5-3-2-4-6-13/h2-11,18H,12H2,1H3. The van der Waals surface area contributed by atoms with Crippen LogP contribution in [0.1, 0.15) is 15.9 Å². The van der Waals surface area contributed by atoms with Crippen LogP contribution in [0.2, 0.25) is 0 Å². The summed E-state index contributed by atoms with van der Waals surface area (Å²) in [7, 11) is 1.38. The Balaban J connectivity index is 1.72. The highest BCUT2D eigenvalue weighted by atomic mass is 16.5. The lowest BCUT2D eigenvalue weighted by atomic mass is 10.2. The number of hydrazine groups is 1. The molecular weight excluding hydrogens is 264 g/mol. The molecule has 0 aromatic heterocycles. The Morgan fingerprint density at radius 3 is 2.48 bits per heavy atom. The summed E-state index contributed by atoms with van der Waals surface area (Å²) in [6.07, 6.45) is 2.14. The van der Waals surface area contributed by atoms with Gasteiger partial charge in [0.25, 0.3) is 0 Å². The summed E-state index contributed by atoms with van der Waals surface area (Å²) in [5.41, 5.74) is 7.17. The molecule has 1 aliphatic rings. The number of methoxy groups -OCH3 is 1. The molecule has 4 nitrogen and oxygen atoms in total. The Labute approximate surface area is 123 Å². The zero-order valence-electron chi connectivity index (χ0n) is 11.7. The maximum atomic E-state index is 11.4. The van der Waals surface area contributed by atoms with Crippen LogP contribution in [0.25, 0.3) is 5.70 Å². The van der Waals surface area contributed by atoms with E-state index in [0.29, 0.717) is 5.56 Å². The first kappa shape index (κ1) is 13.2. The van der Waals surface area contributed by atoms with Gasteiger partial charge in [-0.25, -0.2) is 4.79 Å². The Morgan fingerprint density at radius 2 is 1.81 bits per heavy atom. The molecule has 21 heavy (non-hydrogen) atoms. The molecule has 0 bridgehead atoms. The van der Waals surface area contributed by atoms with Gasteiger partial charge in [-0.05, 0) is 35.9 Å². The van der Waals surface area contributed by atoms with E-state index < -0.39 is 0 Å². The monoisotopic (exact) mass is 280 g/mol. The molecule has 0 fully saturated rings. The molecule has 0 saturated heterocycles. The predicted molar refractivity (Wildman–Crippen MR) is 82.7 cm³/mol. The summed E-state index contributed by atoms with van der Waals surface area (Å²) in [5.74, 6) is -0.320. The van der Waals surface area contributed by atoms with Crippen LogP contribution in [0.15, 0.2) is 60.7 Å². The van der Waals surface area contributed by atoms with Gasteiger partial charge in [0.1, 0.15) is 0 Å².